The number of nitrogens with zero attached hydrogens (tertiary/aromatic N) is 3. The van der Waals surface area contributed by atoms with E-state index in [2.05, 4.69) is 7.05 Å². The largest absolute Gasteiger partial charge is 0.494 e. The maximum Gasteiger partial charge on any atom is 0.263 e. The summed E-state index contributed by atoms with van der Waals surface area (Å²) >= 11 is 0. The molecule has 0 aliphatic carbocycles. The van der Waals surface area contributed by atoms with Gasteiger partial charge in [0.1, 0.15) is 34.6 Å². The Kier molecular flexibility index (Phi) is 11.0. The predicted molar refractivity (Wildman–Crippen MR) is 176 cm³/mol. The summed E-state index contributed by atoms with van der Waals surface area (Å²) in [6.45, 7) is 5.86. The molecule has 4 aromatic rings. The highest BCUT2D eigenvalue weighted by atomic mass is 19.1. The number of pyridine rings is 1. The smallest absolute Gasteiger partial charge is 0.263 e. The van der Waals surface area contributed by atoms with Crippen LogP contribution in [0.1, 0.15) is 68.6 Å². The molecule has 0 atom stereocenters. The third-order valence-corrected chi connectivity index (χ3v) is 9.06. The highest BCUT2D eigenvalue weighted by Gasteiger charge is 2.25. The second kappa shape index (κ2) is 15.2. The fourth-order valence-electron chi connectivity index (χ4n) is 6.54. The molecule has 0 N–H and O–H groups in total. The van der Waals surface area contributed by atoms with Crippen molar-refractivity contribution in [3.8, 4) is 11.4 Å². The van der Waals surface area contributed by atoms with Crippen LogP contribution in [0.15, 0.2) is 65.6 Å². The molecule has 1 amide bonds. The van der Waals surface area contributed by atoms with Gasteiger partial charge in [-0.25, -0.2) is 17.6 Å². The molecule has 0 saturated carbocycles. The van der Waals surface area contributed by atoms with Gasteiger partial charge < -0.3 is 18.7 Å². The molecule has 0 radical (unpaired) electrons. The lowest BCUT2D eigenvalue weighted by atomic mass is 10.1. The number of amides is 1. The van der Waals surface area contributed by atoms with Gasteiger partial charge in [-0.15, -0.1) is 0 Å². The van der Waals surface area contributed by atoms with E-state index in [9.17, 15) is 27.2 Å². The Labute approximate surface area is 272 Å². The summed E-state index contributed by atoms with van der Waals surface area (Å²) in [5.74, 6) is -3.80. The van der Waals surface area contributed by atoms with Crippen LogP contribution in [0.4, 0.5) is 23.2 Å². The molecule has 3 aromatic carbocycles. The Morgan fingerprint density at radius 3 is 2.11 bits per heavy atom. The van der Waals surface area contributed by atoms with Crippen LogP contribution in [0, 0.1) is 23.3 Å². The van der Waals surface area contributed by atoms with Gasteiger partial charge in [0, 0.05) is 42.0 Å². The van der Waals surface area contributed by atoms with Crippen molar-refractivity contribution in [3.05, 3.63) is 99.8 Å². The first-order valence-corrected chi connectivity index (χ1v) is 16.5. The lowest BCUT2D eigenvalue weighted by molar-refractivity contribution is -0.914. The summed E-state index contributed by atoms with van der Waals surface area (Å²) in [5, 5.41) is 0.111. The third-order valence-electron chi connectivity index (χ3n) is 9.06. The van der Waals surface area contributed by atoms with E-state index in [0.29, 0.717) is 18.4 Å². The average Bonchev–Trinajstić information content (AvgIpc) is 3.02. The molecule has 0 bridgehead atoms. The molecule has 1 aliphatic heterocycles. The Hall–Kier alpha value is -4.18. The number of hydrogen-bond acceptors (Lipinski definition) is 3. The summed E-state index contributed by atoms with van der Waals surface area (Å²) in [5.41, 5.74) is -0.721. The number of halogens is 4. The van der Waals surface area contributed by atoms with Crippen LogP contribution in [0.3, 0.4) is 0 Å². The van der Waals surface area contributed by atoms with Crippen molar-refractivity contribution >= 4 is 22.5 Å². The number of fused-ring (bicyclic) bond motifs is 1. The van der Waals surface area contributed by atoms with Gasteiger partial charge >= 0.3 is 0 Å². The SMILES string of the molecule is CCN(C(=O)c1cn(-c2cc(F)cc(F)c2)c2cc(OCCCCCCC[N+]3(C)CCCCC3)ccc2c1=O)c1cc(F)cc(F)c1. The van der Waals surface area contributed by atoms with E-state index in [-0.39, 0.29) is 34.4 Å². The van der Waals surface area contributed by atoms with Gasteiger partial charge in [0.05, 0.1) is 44.5 Å². The number of piperidine rings is 1. The van der Waals surface area contributed by atoms with Gasteiger partial charge in [-0.05, 0) is 81.8 Å². The van der Waals surface area contributed by atoms with Gasteiger partial charge in [-0.1, -0.05) is 12.8 Å². The zero-order valence-corrected chi connectivity index (χ0v) is 27.0. The minimum absolute atomic E-state index is 0.000815. The van der Waals surface area contributed by atoms with Crippen LogP contribution in [0.25, 0.3) is 16.6 Å². The van der Waals surface area contributed by atoms with Gasteiger partial charge in [-0.2, -0.15) is 0 Å². The van der Waals surface area contributed by atoms with E-state index in [4.69, 9.17) is 4.74 Å². The highest BCUT2D eigenvalue weighted by Crippen LogP contribution is 2.26. The molecule has 10 heteroatoms. The molecule has 250 valence electrons. The Balaban J connectivity index is 1.35. The molecular formula is C37H42F4N3O3+. The van der Waals surface area contributed by atoms with Gasteiger partial charge in [0.15, 0.2) is 0 Å². The third kappa shape index (κ3) is 8.41. The maximum absolute atomic E-state index is 14.4. The van der Waals surface area contributed by atoms with Crippen molar-refractivity contribution < 1.29 is 31.6 Å². The average molecular weight is 653 g/mol. The van der Waals surface area contributed by atoms with E-state index < -0.39 is 34.6 Å². The molecule has 1 saturated heterocycles. The summed E-state index contributed by atoms with van der Waals surface area (Å²) < 4.78 is 65.3. The molecule has 1 fully saturated rings. The number of unbranched alkanes of at least 4 members (excludes halogenated alkanes) is 4. The first-order chi connectivity index (χ1) is 22.6. The number of hydrogen-bond donors (Lipinski definition) is 0. The molecule has 1 aromatic heterocycles. The molecule has 47 heavy (non-hydrogen) atoms. The molecule has 2 heterocycles. The number of likely N-dealkylation sites (tertiary alicyclic amines) is 1. The van der Waals surface area contributed by atoms with Gasteiger partial charge in [0.2, 0.25) is 5.43 Å². The van der Waals surface area contributed by atoms with E-state index in [1.807, 2.05) is 0 Å². The Morgan fingerprint density at radius 1 is 0.830 bits per heavy atom. The van der Waals surface area contributed by atoms with Crippen LogP contribution in [-0.4, -0.2) is 54.8 Å². The quantitative estimate of drug-likeness (QED) is 0.0832. The standard InChI is InChI=1S/C37H42F4N3O3/c1-3-42(30-20-26(38)18-27(39)21-30)37(46)34-25-43(31-22-28(40)19-29(41)23-31)35-24-32(12-13-33(35)36(34)45)47-17-11-6-4-5-8-14-44(2)15-9-7-10-16-44/h12-13,18-25H,3-11,14-17H2,1-2H3/q+1. The van der Waals surface area contributed by atoms with Gasteiger partial charge in [0.25, 0.3) is 5.91 Å². The van der Waals surface area contributed by atoms with E-state index >= 15 is 0 Å². The number of anilines is 1. The highest BCUT2D eigenvalue weighted by molar-refractivity contribution is 6.07. The fourth-order valence-corrected chi connectivity index (χ4v) is 6.54. The van der Waals surface area contributed by atoms with Crippen LogP contribution in [0.5, 0.6) is 5.75 Å². The van der Waals surface area contributed by atoms with Crippen molar-refractivity contribution in [3.63, 3.8) is 0 Å². The zero-order valence-electron chi connectivity index (χ0n) is 27.0. The second-order valence-electron chi connectivity index (χ2n) is 12.7. The normalized spacial score (nSPS) is 14.3. The minimum atomic E-state index is -0.881. The number of quaternary nitrogens is 1. The number of benzene rings is 3. The van der Waals surface area contributed by atoms with Crippen molar-refractivity contribution in [1.29, 1.82) is 0 Å². The Bertz CT molecular complexity index is 1740. The summed E-state index contributed by atoms with van der Waals surface area (Å²) in [6.07, 6.45) is 10.6. The second-order valence-corrected chi connectivity index (χ2v) is 12.7. The van der Waals surface area contributed by atoms with E-state index in [1.165, 1.54) is 73.1 Å². The molecular weight excluding hydrogens is 610 g/mol. The van der Waals surface area contributed by atoms with Crippen molar-refractivity contribution in [2.24, 2.45) is 0 Å². The lowest BCUT2D eigenvalue weighted by Gasteiger charge is -2.37. The number of ether oxygens (including phenoxy) is 1. The first kappa shape index (κ1) is 34.2. The first-order valence-electron chi connectivity index (χ1n) is 16.5. The van der Waals surface area contributed by atoms with Crippen LogP contribution < -0.4 is 15.1 Å². The van der Waals surface area contributed by atoms with E-state index in [1.54, 1.807) is 19.1 Å². The van der Waals surface area contributed by atoms with Crippen LogP contribution in [0.2, 0.25) is 0 Å². The van der Waals surface area contributed by atoms with Crippen LogP contribution in [-0.2, 0) is 0 Å². The summed E-state index contributed by atoms with van der Waals surface area (Å²) in [4.78, 5) is 28.5. The molecule has 1 aliphatic rings. The van der Waals surface area contributed by atoms with Crippen LogP contribution >= 0.6 is 0 Å². The number of carbonyl (C=O) groups is 1. The summed E-state index contributed by atoms with van der Waals surface area (Å²) in [7, 11) is 2.37. The molecule has 6 nitrogen and oxygen atoms in total. The van der Waals surface area contributed by atoms with Gasteiger partial charge in [-0.3, -0.25) is 9.59 Å². The fraction of sp³-hybridized carbons (Fsp3) is 0.405. The zero-order chi connectivity index (χ0) is 33.6. The van der Waals surface area contributed by atoms with Crippen molar-refractivity contribution in [2.45, 2.75) is 58.3 Å². The minimum Gasteiger partial charge on any atom is -0.494 e. The lowest BCUT2D eigenvalue weighted by Crippen LogP contribution is -2.48. The topological polar surface area (TPSA) is 51.5 Å². The Morgan fingerprint density at radius 2 is 1.45 bits per heavy atom. The molecule has 0 unspecified atom stereocenters. The van der Waals surface area contributed by atoms with Crippen molar-refractivity contribution in [1.82, 2.24) is 4.57 Å². The monoisotopic (exact) mass is 652 g/mol. The number of rotatable bonds is 13. The number of aromatic nitrogens is 1. The molecule has 0 spiro atoms. The predicted octanol–water partition coefficient (Wildman–Crippen LogP) is 8.17. The van der Waals surface area contributed by atoms with Crippen molar-refractivity contribution in [2.75, 3.05) is 44.7 Å². The number of carbonyl (C=O) groups excluding carboxylic acids is 1. The molecule has 5 rings (SSSR count). The maximum atomic E-state index is 14.4. The van der Waals surface area contributed by atoms with E-state index in [0.717, 1.165) is 54.5 Å². The summed E-state index contributed by atoms with van der Waals surface area (Å²) in [6, 6.07) is 10.3.